The lowest BCUT2D eigenvalue weighted by atomic mass is 10.1. The van der Waals surface area contributed by atoms with Crippen molar-refractivity contribution in [2.75, 3.05) is 19.0 Å². The van der Waals surface area contributed by atoms with Gasteiger partial charge in [0.25, 0.3) is 12.3 Å². The third kappa shape index (κ3) is 3.91. The van der Waals surface area contributed by atoms with Crippen molar-refractivity contribution in [2.45, 2.75) is 13.3 Å². The molecule has 0 N–H and O–H groups in total. The minimum absolute atomic E-state index is 0.000223. The van der Waals surface area contributed by atoms with Crippen molar-refractivity contribution < 1.29 is 18.0 Å². The standard InChI is InChI=1S/C12H13ClF3NO/c1-8-2-3-9(6-10(8)14)12(18)17(5-4-13)7-11(15)16/h2-3,6,11H,4-5,7H2,1H3. The number of halogens is 4. The molecule has 6 heteroatoms. The highest BCUT2D eigenvalue weighted by molar-refractivity contribution is 6.18. The number of alkyl halides is 3. The molecule has 0 radical (unpaired) electrons. The fourth-order valence-electron chi connectivity index (χ4n) is 1.45. The number of hydrogen-bond acceptors (Lipinski definition) is 1. The summed E-state index contributed by atoms with van der Waals surface area (Å²) in [6, 6.07) is 3.89. The minimum atomic E-state index is -2.65. The second-order valence-electron chi connectivity index (χ2n) is 3.80. The highest BCUT2D eigenvalue weighted by atomic mass is 35.5. The third-order valence-electron chi connectivity index (χ3n) is 2.42. The van der Waals surface area contributed by atoms with Crippen molar-refractivity contribution in [2.24, 2.45) is 0 Å². The smallest absolute Gasteiger partial charge is 0.255 e. The molecule has 0 unspecified atom stereocenters. The average Bonchev–Trinajstić information content (AvgIpc) is 2.31. The van der Waals surface area contributed by atoms with E-state index < -0.39 is 24.7 Å². The Labute approximate surface area is 108 Å². The zero-order valence-electron chi connectivity index (χ0n) is 9.80. The number of benzene rings is 1. The number of aryl methyl sites for hydroxylation is 1. The van der Waals surface area contributed by atoms with Crippen LogP contribution in [0.5, 0.6) is 0 Å². The highest BCUT2D eigenvalue weighted by Gasteiger charge is 2.19. The lowest BCUT2D eigenvalue weighted by Crippen LogP contribution is -2.36. The average molecular weight is 280 g/mol. The first kappa shape index (κ1) is 14.8. The third-order valence-corrected chi connectivity index (χ3v) is 2.59. The van der Waals surface area contributed by atoms with Crippen LogP contribution in [-0.4, -0.2) is 36.2 Å². The summed E-state index contributed by atoms with van der Waals surface area (Å²) in [7, 11) is 0. The van der Waals surface area contributed by atoms with Crippen LogP contribution in [0.4, 0.5) is 13.2 Å². The quantitative estimate of drug-likeness (QED) is 0.759. The Morgan fingerprint density at radius 2 is 2.11 bits per heavy atom. The summed E-state index contributed by atoms with van der Waals surface area (Å²) in [5.41, 5.74) is 0.438. The van der Waals surface area contributed by atoms with Crippen molar-refractivity contribution in [3.05, 3.63) is 35.1 Å². The zero-order valence-corrected chi connectivity index (χ0v) is 10.6. The fourth-order valence-corrected chi connectivity index (χ4v) is 1.66. The Morgan fingerprint density at radius 3 is 2.61 bits per heavy atom. The molecule has 0 fully saturated rings. The summed E-state index contributed by atoms with van der Waals surface area (Å²) < 4.78 is 37.9. The summed E-state index contributed by atoms with van der Waals surface area (Å²) >= 11 is 5.45. The van der Waals surface area contributed by atoms with E-state index in [9.17, 15) is 18.0 Å². The Hall–Kier alpha value is -1.23. The van der Waals surface area contributed by atoms with E-state index in [1.807, 2.05) is 0 Å². The maximum atomic E-state index is 13.3. The largest absolute Gasteiger partial charge is 0.332 e. The maximum absolute atomic E-state index is 13.3. The molecule has 1 amide bonds. The van der Waals surface area contributed by atoms with Gasteiger partial charge in [-0.2, -0.15) is 0 Å². The highest BCUT2D eigenvalue weighted by Crippen LogP contribution is 2.12. The molecule has 1 rings (SSSR count). The second kappa shape index (κ2) is 6.64. The molecule has 1 aromatic carbocycles. The molecular formula is C12H13ClF3NO. The van der Waals surface area contributed by atoms with E-state index in [1.165, 1.54) is 12.1 Å². The monoisotopic (exact) mass is 279 g/mol. The molecule has 0 heterocycles. The van der Waals surface area contributed by atoms with Gasteiger partial charge in [-0.15, -0.1) is 11.6 Å². The Bertz CT molecular complexity index is 426. The number of carbonyl (C=O) groups excluding carboxylic acids is 1. The van der Waals surface area contributed by atoms with Crippen LogP contribution in [0, 0.1) is 12.7 Å². The van der Waals surface area contributed by atoms with Gasteiger partial charge in [-0.3, -0.25) is 4.79 Å². The number of rotatable bonds is 5. The van der Waals surface area contributed by atoms with Gasteiger partial charge >= 0.3 is 0 Å². The van der Waals surface area contributed by atoms with E-state index in [0.29, 0.717) is 5.56 Å². The Kier molecular flexibility index (Phi) is 5.47. The first-order chi connectivity index (χ1) is 8.45. The molecule has 0 spiro atoms. The lowest BCUT2D eigenvalue weighted by Gasteiger charge is -2.21. The van der Waals surface area contributed by atoms with Crippen LogP contribution in [0.25, 0.3) is 0 Å². The van der Waals surface area contributed by atoms with E-state index in [-0.39, 0.29) is 18.0 Å². The molecule has 0 saturated heterocycles. The van der Waals surface area contributed by atoms with Crippen LogP contribution >= 0.6 is 11.6 Å². The van der Waals surface area contributed by atoms with Gasteiger partial charge in [-0.25, -0.2) is 13.2 Å². The molecule has 2 nitrogen and oxygen atoms in total. The van der Waals surface area contributed by atoms with Crippen molar-refractivity contribution in [1.82, 2.24) is 4.90 Å². The van der Waals surface area contributed by atoms with Crippen molar-refractivity contribution >= 4 is 17.5 Å². The maximum Gasteiger partial charge on any atom is 0.255 e. The molecule has 0 atom stereocenters. The SMILES string of the molecule is Cc1ccc(C(=O)N(CCCl)CC(F)F)cc1F. The molecule has 0 aliphatic rings. The fraction of sp³-hybridized carbons (Fsp3) is 0.417. The van der Waals surface area contributed by atoms with E-state index in [2.05, 4.69) is 0 Å². The van der Waals surface area contributed by atoms with E-state index in [1.54, 1.807) is 6.92 Å². The van der Waals surface area contributed by atoms with Crippen LogP contribution in [0.3, 0.4) is 0 Å². The first-order valence-electron chi connectivity index (χ1n) is 5.35. The van der Waals surface area contributed by atoms with Gasteiger partial charge < -0.3 is 4.90 Å². The molecular weight excluding hydrogens is 267 g/mol. The van der Waals surface area contributed by atoms with Crippen LogP contribution in [0.2, 0.25) is 0 Å². The van der Waals surface area contributed by atoms with Crippen molar-refractivity contribution in [3.8, 4) is 0 Å². The Balaban J connectivity index is 2.90. The molecule has 0 saturated carbocycles. The molecule has 100 valence electrons. The minimum Gasteiger partial charge on any atom is -0.332 e. The zero-order chi connectivity index (χ0) is 13.7. The predicted molar refractivity (Wildman–Crippen MR) is 63.8 cm³/mol. The molecule has 0 aromatic heterocycles. The summed E-state index contributed by atoms with van der Waals surface area (Å²) in [6.45, 7) is 0.848. The number of amides is 1. The number of nitrogens with zero attached hydrogens (tertiary/aromatic N) is 1. The van der Waals surface area contributed by atoms with Gasteiger partial charge in [0.15, 0.2) is 0 Å². The van der Waals surface area contributed by atoms with Gasteiger partial charge in [0.05, 0.1) is 6.54 Å². The molecule has 18 heavy (non-hydrogen) atoms. The van der Waals surface area contributed by atoms with E-state index >= 15 is 0 Å². The Morgan fingerprint density at radius 1 is 1.44 bits per heavy atom. The molecule has 0 aliphatic carbocycles. The normalized spacial score (nSPS) is 10.8. The summed E-state index contributed by atoms with van der Waals surface area (Å²) in [5, 5.41) is 0. The first-order valence-corrected chi connectivity index (χ1v) is 5.88. The van der Waals surface area contributed by atoms with E-state index in [4.69, 9.17) is 11.6 Å². The van der Waals surface area contributed by atoms with Crippen LogP contribution in [0.15, 0.2) is 18.2 Å². The van der Waals surface area contributed by atoms with Gasteiger partial charge in [0.2, 0.25) is 0 Å². The van der Waals surface area contributed by atoms with Gasteiger partial charge in [0.1, 0.15) is 5.82 Å². The van der Waals surface area contributed by atoms with Crippen molar-refractivity contribution in [1.29, 1.82) is 0 Å². The number of carbonyl (C=O) groups is 1. The summed E-state index contributed by atoms with van der Waals surface area (Å²) in [6.07, 6.45) is -2.65. The van der Waals surface area contributed by atoms with Gasteiger partial charge in [-0.05, 0) is 24.6 Å². The molecule has 0 bridgehead atoms. The van der Waals surface area contributed by atoms with Crippen LogP contribution in [0.1, 0.15) is 15.9 Å². The summed E-state index contributed by atoms with van der Waals surface area (Å²) in [4.78, 5) is 12.8. The molecule has 0 aliphatic heterocycles. The van der Waals surface area contributed by atoms with Gasteiger partial charge in [-0.1, -0.05) is 6.07 Å². The second-order valence-corrected chi connectivity index (χ2v) is 4.17. The topological polar surface area (TPSA) is 20.3 Å². The van der Waals surface area contributed by atoms with Crippen LogP contribution in [-0.2, 0) is 0 Å². The predicted octanol–water partition coefficient (Wildman–Crippen LogP) is 3.08. The van der Waals surface area contributed by atoms with E-state index in [0.717, 1.165) is 11.0 Å². The number of hydrogen-bond donors (Lipinski definition) is 0. The lowest BCUT2D eigenvalue weighted by molar-refractivity contribution is 0.0570. The van der Waals surface area contributed by atoms with Crippen molar-refractivity contribution in [3.63, 3.8) is 0 Å². The summed E-state index contributed by atoms with van der Waals surface area (Å²) in [5.74, 6) is -1.13. The van der Waals surface area contributed by atoms with Gasteiger partial charge in [0, 0.05) is 18.0 Å². The molecule has 1 aromatic rings. The van der Waals surface area contributed by atoms with Crippen LogP contribution < -0.4 is 0 Å².